The van der Waals surface area contributed by atoms with Gasteiger partial charge >= 0.3 is 7.41 Å². The van der Waals surface area contributed by atoms with E-state index in [0.29, 0.717) is 0 Å². The van der Waals surface area contributed by atoms with Crippen molar-refractivity contribution in [2.24, 2.45) is 0 Å². The summed E-state index contributed by atoms with van der Waals surface area (Å²) in [5, 5.41) is 9.17. The van der Waals surface area contributed by atoms with E-state index in [4.69, 9.17) is 0 Å². The summed E-state index contributed by atoms with van der Waals surface area (Å²) >= 11 is 0. The predicted molar refractivity (Wildman–Crippen MR) is 20.0 cm³/mol. The Morgan fingerprint density at radius 3 is 2.20 bits per heavy atom. The second-order valence-corrected chi connectivity index (χ2v) is 0.649. The van der Waals surface area contributed by atoms with Gasteiger partial charge in [-0.1, -0.05) is 4.83 Å². The Labute approximate surface area is 30.4 Å². The number of rotatable bonds is 1. The molecular formula is CH4BNO2. The Morgan fingerprint density at radius 2 is 2.20 bits per heavy atom. The molecule has 0 aliphatic rings. The maximum atomic E-state index is 9.17. The summed E-state index contributed by atoms with van der Waals surface area (Å²) in [7, 11) is 0.0278. The molecular weight excluding hydrogens is 68.8 g/mol. The molecule has 0 aromatic heterocycles. The maximum absolute atomic E-state index is 9.17. The third-order valence-electron chi connectivity index (χ3n) is 0.258. The molecule has 0 aromatic rings. The molecule has 0 aromatic carbocycles. The lowest BCUT2D eigenvalue weighted by Gasteiger charge is -1.72. The molecule has 0 bridgehead atoms. The fourth-order valence-corrected chi connectivity index (χ4v) is 0. The average molecular weight is 72.9 g/mol. The van der Waals surface area contributed by atoms with Gasteiger partial charge in [0.05, 0.1) is 0 Å². The maximum Gasteiger partial charge on any atom is 0.531 e. The lowest BCUT2D eigenvalue weighted by molar-refractivity contribution is -0.320. The topological polar surface area (TPSA) is 43.1 Å². The number of hydrogen-bond donors (Lipinski definition) is 0. The summed E-state index contributed by atoms with van der Waals surface area (Å²) in [6, 6.07) is 0. The molecule has 0 N–H and O–H groups in total. The quantitative estimate of drug-likeness (QED) is 0.242. The van der Waals surface area contributed by atoms with Crippen molar-refractivity contribution in [1.29, 1.82) is 0 Å². The fourth-order valence-electron chi connectivity index (χ4n) is 0. The minimum absolute atomic E-state index is 0.0278. The van der Waals surface area contributed by atoms with Crippen molar-refractivity contribution in [1.82, 2.24) is 0 Å². The molecule has 0 rings (SSSR count). The molecule has 0 fully saturated rings. The number of nitrogens with zero attached hydrogens (tertiary/aromatic N) is 1. The van der Waals surface area contributed by atoms with Crippen molar-refractivity contribution >= 4 is 7.41 Å². The molecule has 0 saturated heterocycles. The first kappa shape index (κ1) is 4.46. The van der Waals surface area contributed by atoms with Crippen molar-refractivity contribution in [2.75, 3.05) is 0 Å². The van der Waals surface area contributed by atoms with Crippen LogP contribution in [-0.4, -0.2) is 12.2 Å². The van der Waals surface area contributed by atoms with Crippen molar-refractivity contribution in [3.8, 4) is 0 Å². The monoisotopic (exact) mass is 73.0 g/mol. The molecule has 28 valence electrons. The van der Waals surface area contributed by atoms with E-state index in [1.807, 2.05) is 0 Å². The third kappa shape index (κ3) is 3.46. The second kappa shape index (κ2) is 1.75. The smallest absolute Gasteiger partial charge is 0.294 e. The van der Waals surface area contributed by atoms with Gasteiger partial charge in [0.25, 0.3) is 0 Å². The summed E-state index contributed by atoms with van der Waals surface area (Å²) in [4.78, 5) is 8.80. The highest BCUT2D eigenvalue weighted by Gasteiger charge is 1.87. The Balaban J connectivity index is 2.85. The summed E-state index contributed by atoms with van der Waals surface area (Å²) in [5.74, 6) is 0. The predicted octanol–water partition coefficient (Wildman–Crippen LogP) is -0.337. The van der Waals surface area contributed by atoms with E-state index in [-0.39, 0.29) is 12.2 Å². The highest BCUT2D eigenvalue weighted by Crippen LogP contribution is 1.53. The van der Waals surface area contributed by atoms with Crippen LogP contribution in [0, 0.1) is 10.1 Å². The highest BCUT2D eigenvalue weighted by atomic mass is 16.6. The van der Waals surface area contributed by atoms with Crippen molar-refractivity contribution in [3.63, 3.8) is 0 Å². The largest absolute Gasteiger partial charge is 0.531 e. The van der Waals surface area contributed by atoms with Gasteiger partial charge in [-0.3, -0.25) is 10.1 Å². The molecule has 0 spiro atoms. The highest BCUT2D eigenvalue weighted by molar-refractivity contribution is 6.22. The SMILES string of the molecule is CB[N+](=O)[O-]. The van der Waals surface area contributed by atoms with E-state index in [2.05, 4.69) is 0 Å². The standard InChI is InChI=1S/CH4BNO2/c1-2-3(4)5/h2H,1H3. The summed E-state index contributed by atoms with van der Waals surface area (Å²) in [6.45, 7) is 1.50. The van der Waals surface area contributed by atoms with Gasteiger partial charge in [0.15, 0.2) is 0 Å². The third-order valence-corrected chi connectivity index (χ3v) is 0.258. The van der Waals surface area contributed by atoms with E-state index in [9.17, 15) is 10.1 Å². The van der Waals surface area contributed by atoms with Gasteiger partial charge in [0, 0.05) is 0 Å². The van der Waals surface area contributed by atoms with Gasteiger partial charge < -0.3 is 0 Å². The van der Waals surface area contributed by atoms with Gasteiger partial charge in [0.1, 0.15) is 0 Å². The molecule has 0 unspecified atom stereocenters. The van der Waals surface area contributed by atoms with Crippen molar-refractivity contribution < 1.29 is 4.83 Å². The summed E-state index contributed by atoms with van der Waals surface area (Å²) < 4.78 is 0. The fraction of sp³-hybridized carbons (Fsp3) is 1.00. The molecule has 0 atom stereocenters. The first-order chi connectivity index (χ1) is 2.27. The van der Waals surface area contributed by atoms with E-state index < -0.39 is 0 Å². The summed E-state index contributed by atoms with van der Waals surface area (Å²) in [6.07, 6.45) is 0. The molecule has 0 aliphatic carbocycles. The van der Waals surface area contributed by atoms with E-state index in [1.165, 1.54) is 6.82 Å². The molecule has 5 heavy (non-hydrogen) atoms. The van der Waals surface area contributed by atoms with Crippen LogP contribution in [0.2, 0.25) is 6.82 Å². The second-order valence-electron chi connectivity index (χ2n) is 0.649. The average Bonchev–Trinajstić information content (AvgIpc) is 1.38. The Bertz CT molecular complexity index is 44.9. The molecule has 0 heterocycles. The van der Waals surface area contributed by atoms with Gasteiger partial charge in [-0.25, -0.2) is 0 Å². The van der Waals surface area contributed by atoms with Crippen LogP contribution in [0.4, 0.5) is 0 Å². The van der Waals surface area contributed by atoms with Crippen molar-refractivity contribution in [2.45, 2.75) is 6.82 Å². The van der Waals surface area contributed by atoms with Crippen LogP contribution in [0.1, 0.15) is 0 Å². The van der Waals surface area contributed by atoms with E-state index in [1.54, 1.807) is 0 Å². The Morgan fingerprint density at radius 1 is 2.00 bits per heavy atom. The van der Waals surface area contributed by atoms with Gasteiger partial charge in [-0.05, 0) is 6.82 Å². The first-order valence-electron chi connectivity index (χ1n) is 1.39. The Hall–Kier alpha value is -0.535. The first-order valence-corrected chi connectivity index (χ1v) is 1.39. The van der Waals surface area contributed by atoms with Crippen LogP contribution in [0.15, 0.2) is 0 Å². The minimum Gasteiger partial charge on any atom is -0.294 e. The van der Waals surface area contributed by atoms with Crippen LogP contribution in [-0.2, 0) is 0 Å². The molecule has 4 heteroatoms. The zero-order valence-corrected chi connectivity index (χ0v) is 2.97. The zero-order chi connectivity index (χ0) is 4.28. The lowest BCUT2D eigenvalue weighted by Crippen LogP contribution is -1.97. The van der Waals surface area contributed by atoms with Gasteiger partial charge in [-0.15, -0.1) is 0 Å². The van der Waals surface area contributed by atoms with Crippen LogP contribution < -0.4 is 0 Å². The number of hydrogen-bond acceptors (Lipinski definition) is 2. The molecule has 3 nitrogen and oxygen atoms in total. The normalized spacial score (nSPS) is 6.60. The van der Waals surface area contributed by atoms with Gasteiger partial charge in [0.2, 0.25) is 0 Å². The number of nitro groups is 1. The van der Waals surface area contributed by atoms with E-state index in [0.717, 1.165) is 0 Å². The van der Waals surface area contributed by atoms with Crippen LogP contribution >= 0.6 is 0 Å². The molecule has 0 radical (unpaired) electrons. The zero-order valence-electron chi connectivity index (χ0n) is 2.97. The van der Waals surface area contributed by atoms with Crippen LogP contribution in [0.5, 0.6) is 0 Å². The lowest BCUT2D eigenvalue weighted by atomic mass is 10.0. The van der Waals surface area contributed by atoms with E-state index >= 15 is 0 Å². The molecule has 0 saturated carbocycles. The molecule has 0 amide bonds. The van der Waals surface area contributed by atoms with Crippen LogP contribution in [0.3, 0.4) is 0 Å². The Kier molecular flexibility index (Phi) is 1.57. The minimum atomic E-state index is -0.375. The molecule has 0 aliphatic heterocycles. The van der Waals surface area contributed by atoms with Gasteiger partial charge in [-0.2, -0.15) is 0 Å². The summed E-state index contributed by atoms with van der Waals surface area (Å²) in [5.41, 5.74) is 0. The van der Waals surface area contributed by atoms with Crippen LogP contribution in [0.25, 0.3) is 0 Å². The van der Waals surface area contributed by atoms with Crippen molar-refractivity contribution in [3.05, 3.63) is 10.1 Å².